The molecular weight excluding hydrogens is 505 g/mol. The number of nitrogens with zero attached hydrogens (tertiary/aromatic N) is 2. The van der Waals surface area contributed by atoms with Crippen molar-refractivity contribution in [3.63, 3.8) is 0 Å². The zero-order valence-corrected chi connectivity index (χ0v) is 29.2. The molecule has 1 rings (SSSR count). The largest absolute Gasteiger partial charge is 0.378 e. The van der Waals surface area contributed by atoms with Crippen molar-refractivity contribution in [1.82, 2.24) is 0 Å². The summed E-state index contributed by atoms with van der Waals surface area (Å²) < 4.78 is 0. The zero-order valence-electron chi connectivity index (χ0n) is 27.2. The molecule has 0 spiro atoms. The maximum atomic E-state index is 10.3. The Morgan fingerprint density at radius 2 is 0.949 bits per heavy atom. The van der Waals surface area contributed by atoms with Crippen molar-refractivity contribution in [3.05, 3.63) is 41.0 Å². The third-order valence-corrected chi connectivity index (χ3v) is 21.2. The molecule has 0 aliphatic heterocycles. The maximum Gasteiger partial charge on any atom is 0.146 e. The lowest BCUT2D eigenvalue weighted by Crippen LogP contribution is -2.43. The second-order valence-electron chi connectivity index (χ2n) is 12.8. The van der Waals surface area contributed by atoms with Crippen LogP contribution in [0.3, 0.4) is 0 Å². The van der Waals surface area contributed by atoms with E-state index in [4.69, 9.17) is 0 Å². The third-order valence-electron chi connectivity index (χ3n) is 8.62. The fraction of sp³-hybridized carbons (Fsp3) is 0.571. The number of nitriles is 1. The van der Waals surface area contributed by atoms with Crippen LogP contribution in [0.2, 0.25) is 33.2 Å². The van der Waals surface area contributed by atoms with E-state index in [0.717, 1.165) is 11.3 Å². The number of hydrogen-bond acceptors (Lipinski definition) is 2. The third kappa shape index (κ3) is 7.95. The van der Waals surface area contributed by atoms with Gasteiger partial charge in [0.15, 0.2) is 0 Å². The predicted octanol–water partition coefficient (Wildman–Crippen LogP) is 9.37. The first-order chi connectivity index (χ1) is 18.1. The molecule has 1 aromatic rings. The molecule has 0 aliphatic carbocycles. The fourth-order valence-corrected chi connectivity index (χ4v) is 16.9. The van der Waals surface area contributed by atoms with E-state index >= 15 is 0 Å². The zero-order chi connectivity index (χ0) is 30.1. The summed E-state index contributed by atoms with van der Waals surface area (Å²) in [6.45, 7) is 27.7. The summed E-state index contributed by atoms with van der Waals surface area (Å²) in [7, 11) is 0.0220. The van der Waals surface area contributed by atoms with Crippen LogP contribution in [0.5, 0.6) is 0 Å². The molecule has 1 aromatic carbocycles. The van der Waals surface area contributed by atoms with Crippen LogP contribution in [0.4, 0.5) is 5.69 Å². The minimum atomic E-state index is -2.01. The SMILES string of the molecule is CC(C)[Si](C#CC(C#C[Si](C(C)C)(C(C)C)C(C)C)=C(C#N)C#Cc1ccc(N(C)C)cc1)(C(C)C)C(C)C. The monoisotopic (exact) mass is 556 g/mol. The van der Waals surface area contributed by atoms with E-state index in [-0.39, 0.29) is 0 Å². The molecule has 39 heavy (non-hydrogen) atoms. The average molecular weight is 557 g/mol. The maximum absolute atomic E-state index is 10.3. The van der Waals surface area contributed by atoms with Crippen LogP contribution in [0.25, 0.3) is 0 Å². The highest BCUT2D eigenvalue weighted by Crippen LogP contribution is 2.42. The van der Waals surface area contributed by atoms with Crippen LogP contribution < -0.4 is 4.90 Å². The van der Waals surface area contributed by atoms with Crippen LogP contribution in [0.1, 0.15) is 88.6 Å². The standard InChI is InChI=1S/C35H52N2Si2/c1-26(2)38(27(3)4,28(5)6)23-21-33(22-24-39(29(7)8,30(9)10)31(11)12)34(25-36)18-15-32-16-19-35(20-17-32)37(13)14/h16-17,19-20,26-31H,1-14H3. The topological polar surface area (TPSA) is 27.0 Å². The smallest absolute Gasteiger partial charge is 0.146 e. The molecule has 0 unspecified atom stereocenters. The van der Waals surface area contributed by atoms with Gasteiger partial charge in [-0.3, -0.25) is 0 Å². The van der Waals surface area contributed by atoms with Crippen molar-refractivity contribution >= 4 is 21.8 Å². The molecule has 0 heterocycles. The summed E-state index contributed by atoms with van der Waals surface area (Å²) in [5.74, 6) is 13.4. The van der Waals surface area contributed by atoms with Gasteiger partial charge in [-0.15, -0.1) is 11.1 Å². The van der Waals surface area contributed by atoms with Crippen LogP contribution >= 0.6 is 0 Å². The lowest BCUT2D eigenvalue weighted by molar-refractivity contribution is 0.838. The van der Waals surface area contributed by atoms with Gasteiger partial charge >= 0.3 is 0 Å². The Labute approximate surface area is 243 Å². The highest BCUT2D eigenvalue weighted by atomic mass is 28.3. The van der Waals surface area contributed by atoms with Gasteiger partial charge in [-0.05, 0) is 63.4 Å². The van der Waals surface area contributed by atoms with E-state index in [0.29, 0.717) is 44.4 Å². The van der Waals surface area contributed by atoms with E-state index in [1.807, 2.05) is 38.4 Å². The number of benzene rings is 1. The second-order valence-corrected chi connectivity index (χ2v) is 24.0. The molecule has 2 nitrogen and oxygen atoms in total. The van der Waals surface area contributed by atoms with Crippen molar-refractivity contribution < 1.29 is 0 Å². The first kappa shape index (κ1) is 34.4. The molecule has 0 amide bonds. The van der Waals surface area contributed by atoms with E-state index in [1.54, 1.807) is 0 Å². The van der Waals surface area contributed by atoms with Crippen LogP contribution in [-0.4, -0.2) is 30.2 Å². The Morgan fingerprint density at radius 1 is 0.590 bits per heavy atom. The Balaban J connectivity index is 4.01. The Bertz CT molecular complexity index is 1120. The summed E-state index contributed by atoms with van der Waals surface area (Å²) in [4.78, 5) is 2.06. The van der Waals surface area contributed by atoms with Gasteiger partial charge in [0.1, 0.15) is 27.8 Å². The molecule has 0 saturated heterocycles. The van der Waals surface area contributed by atoms with E-state index in [1.165, 1.54) is 0 Å². The molecule has 210 valence electrons. The molecule has 0 bridgehead atoms. The highest BCUT2D eigenvalue weighted by molar-refractivity contribution is 6.91. The summed E-state index contributed by atoms with van der Waals surface area (Å²) in [6, 6.07) is 10.5. The molecule has 0 N–H and O–H groups in total. The number of anilines is 1. The Morgan fingerprint density at radius 3 is 1.23 bits per heavy atom. The summed E-state index contributed by atoms with van der Waals surface area (Å²) in [5.41, 5.74) is 13.6. The summed E-state index contributed by atoms with van der Waals surface area (Å²) >= 11 is 0. The molecule has 4 heteroatoms. The predicted molar refractivity (Wildman–Crippen MR) is 178 cm³/mol. The van der Waals surface area contributed by atoms with E-state index in [2.05, 4.69) is 129 Å². The van der Waals surface area contributed by atoms with Crippen molar-refractivity contribution in [1.29, 1.82) is 5.26 Å². The Kier molecular flexibility index (Phi) is 12.9. The van der Waals surface area contributed by atoms with E-state index < -0.39 is 16.1 Å². The molecule has 0 aromatic heterocycles. The summed E-state index contributed by atoms with van der Waals surface area (Å²) in [5, 5.41) is 10.3. The summed E-state index contributed by atoms with van der Waals surface area (Å²) in [6.07, 6.45) is 0. The molecule has 0 saturated carbocycles. The average Bonchev–Trinajstić information content (AvgIpc) is 2.83. The van der Waals surface area contributed by atoms with Gasteiger partial charge in [0.2, 0.25) is 0 Å². The number of allylic oxidation sites excluding steroid dienone is 2. The van der Waals surface area contributed by atoms with Gasteiger partial charge in [-0.2, -0.15) is 5.26 Å². The van der Waals surface area contributed by atoms with Crippen LogP contribution in [-0.2, 0) is 0 Å². The molecular formula is C35H52N2Si2. The number of hydrogen-bond donors (Lipinski definition) is 0. The highest BCUT2D eigenvalue weighted by Gasteiger charge is 2.43. The lowest BCUT2D eigenvalue weighted by Gasteiger charge is -2.38. The first-order valence-electron chi connectivity index (χ1n) is 14.6. The normalized spacial score (nSPS) is 11.6. The lowest BCUT2D eigenvalue weighted by atomic mass is 10.1. The Hall–Kier alpha value is -2.64. The van der Waals surface area contributed by atoms with Crippen molar-refractivity contribution in [3.8, 4) is 40.8 Å². The molecule has 0 aliphatic rings. The number of rotatable bonds is 7. The molecule has 0 fully saturated rings. The first-order valence-corrected chi connectivity index (χ1v) is 19.0. The van der Waals surface area contributed by atoms with Gasteiger partial charge in [0, 0.05) is 25.3 Å². The fourth-order valence-electron chi connectivity index (χ4n) is 6.49. The minimum absolute atomic E-state index is 0.380. The van der Waals surface area contributed by atoms with Gasteiger partial charge in [0.05, 0.1) is 5.57 Å². The minimum Gasteiger partial charge on any atom is -0.378 e. The molecule has 0 atom stereocenters. The van der Waals surface area contributed by atoms with Gasteiger partial charge in [0.25, 0.3) is 0 Å². The van der Waals surface area contributed by atoms with Gasteiger partial charge in [-0.25, -0.2) is 0 Å². The second kappa shape index (κ2) is 14.7. The van der Waals surface area contributed by atoms with Crippen molar-refractivity contribution in [2.45, 2.75) is 116 Å². The van der Waals surface area contributed by atoms with Crippen molar-refractivity contribution in [2.24, 2.45) is 0 Å². The van der Waals surface area contributed by atoms with Gasteiger partial charge in [-0.1, -0.05) is 101 Å². The molecule has 0 radical (unpaired) electrons. The van der Waals surface area contributed by atoms with Gasteiger partial charge < -0.3 is 4.90 Å². The quantitative estimate of drug-likeness (QED) is 0.190. The van der Waals surface area contributed by atoms with E-state index in [9.17, 15) is 5.26 Å². The van der Waals surface area contributed by atoms with Crippen molar-refractivity contribution in [2.75, 3.05) is 19.0 Å². The van der Waals surface area contributed by atoms with Crippen LogP contribution in [0.15, 0.2) is 35.4 Å². The van der Waals surface area contributed by atoms with Crippen LogP contribution in [0, 0.1) is 46.1 Å².